The Morgan fingerprint density at radius 3 is 2.58 bits per heavy atom. The lowest BCUT2D eigenvalue weighted by Crippen LogP contribution is -2.52. The van der Waals surface area contributed by atoms with Crippen LogP contribution in [0.3, 0.4) is 0 Å². The molecule has 1 N–H and O–H groups in total. The van der Waals surface area contributed by atoms with Crippen LogP contribution in [-0.4, -0.2) is 12.6 Å². The van der Waals surface area contributed by atoms with E-state index in [0.717, 1.165) is 5.92 Å². The molecule has 1 nitrogen and oxygen atoms in total. The van der Waals surface area contributed by atoms with E-state index in [-0.39, 0.29) is 0 Å². The molecule has 1 aliphatic heterocycles. The van der Waals surface area contributed by atoms with Crippen molar-refractivity contribution >= 4 is 0 Å². The zero-order valence-electron chi connectivity index (χ0n) is 7.46. The Morgan fingerprint density at radius 1 is 1.33 bits per heavy atom. The summed E-state index contributed by atoms with van der Waals surface area (Å²) in [6.07, 6.45) is 1.18. The molecule has 0 radical (unpaired) electrons. The second-order valence-corrected chi connectivity index (χ2v) is 3.68. The lowest BCUT2D eigenvalue weighted by molar-refractivity contribution is 0.252. The molecule has 64 valence electrons. The van der Waals surface area contributed by atoms with Crippen LogP contribution in [0.5, 0.6) is 0 Å². The fourth-order valence-corrected chi connectivity index (χ4v) is 1.66. The molecule has 0 aliphatic carbocycles. The highest BCUT2D eigenvalue weighted by Crippen LogP contribution is 2.16. The summed E-state index contributed by atoms with van der Waals surface area (Å²) >= 11 is 0. The first-order valence-corrected chi connectivity index (χ1v) is 4.63. The van der Waals surface area contributed by atoms with E-state index in [0.29, 0.717) is 6.04 Å². The Bertz CT molecular complexity index is 242. The Hall–Kier alpha value is -0.820. The van der Waals surface area contributed by atoms with Crippen molar-refractivity contribution in [1.29, 1.82) is 0 Å². The van der Waals surface area contributed by atoms with Crippen LogP contribution in [-0.2, 0) is 6.42 Å². The molecular formula is C11H15N. The lowest BCUT2D eigenvalue weighted by atomic mass is 9.88. The molecule has 0 aromatic heterocycles. The summed E-state index contributed by atoms with van der Waals surface area (Å²) < 4.78 is 0. The summed E-state index contributed by atoms with van der Waals surface area (Å²) in [5, 5.41) is 3.44. The van der Waals surface area contributed by atoms with E-state index in [1.165, 1.54) is 18.5 Å². The number of benzene rings is 1. The van der Waals surface area contributed by atoms with Crippen LogP contribution in [0.2, 0.25) is 0 Å². The third-order valence-electron chi connectivity index (χ3n) is 2.69. The molecule has 12 heavy (non-hydrogen) atoms. The third kappa shape index (κ3) is 1.51. The SMILES string of the molecule is C[C@H]1CN[C@@H]1Cc1ccccc1. The van der Waals surface area contributed by atoms with Crippen molar-refractivity contribution in [2.75, 3.05) is 6.54 Å². The van der Waals surface area contributed by atoms with Crippen molar-refractivity contribution in [3.05, 3.63) is 35.9 Å². The Balaban J connectivity index is 1.95. The van der Waals surface area contributed by atoms with E-state index in [1.807, 2.05) is 0 Å². The summed E-state index contributed by atoms with van der Waals surface area (Å²) in [7, 11) is 0. The molecule has 0 saturated carbocycles. The van der Waals surface area contributed by atoms with Gasteiger partial charge in [0.25, 0.3) is 0 Å². The molecule has 1 aromatic rings. The van der Waals surface area contributed by atoms with Crippen molar-refractivity contribution in [1.82, 2.24) is 5.32 Å². The van der Waals surface area contributed by atoms with Gasteiger partial charge in [0.15, 0.2) is 0 Å². The topological polar surface area (TPSA) is 12.0 Å². The van der Waals surface area contributed by atoms with Crippen LogP contribution in [0.1, 0.15) is 12.5 Å². The van der Waals surface area contributed by atoms with Gasteiger partial charge in [-0.2, -0.15) is 0 Å². The fourth-order valence-electron chi connectivity index (χ4n) is 1.66. The molecule has 0 bridgehead atoms. The van der Waals surface area contributed by atoms with Crippen molar-refractivity contribution in [2.24, 2.45) is 5.92 Å². The Morgan fingerprint density at radius 2 is 2.08 bits per heavy atom. The highest BCUT2D eigenvalue weighted by atomic mass is 15.0. The standard InChI is InChI=1S/C11H15N/c1-9-8-12-11(9)7-10-5-3-2-4-6-10/h2-6,9,11-12H,7-8H2,1H3/t9-,11+/m0/s1. The molecule has 1 fully saturated rings. The first kappa shape index (κ1) is 7.81. The van der Waals surface area contributed by atoms with Crippen molar-refractivity contribution in [3.8, 4) is 0 Å². The van der Waals surface area contributed by atoms with E-state index in [2.05, 4.69) is 42.6 Å². The molecule has 0 amide bonds. The smallest absolute Gasteiger partial charge is 0.0145 e. The number of hydrogen-bond donors (Lipinski definition) is 1. The second kappa shape index (κ2) is 3.28. The van der Waals surface area contributed by atoms with Crippen molar-refractivity contribution < 1.29 is 0 Å². The Labute approximate surface area is 73.8 Å². The van der Waals surface area contributed by atoms with E-state index < -0.39 is 0 Å². The normalized spacial score (nSPS) is 28.1. The molecule has 0 unspecified atom stereocenters. The van der Waals surface area contributed by atoms with Gasteiger partial charge in [-0.3, -0.25) is 0 Å². The summed E-state index contributed by atoms with van der Waals surface area (Å²) in [6, 6.07) is 11.4. The highest BCUT2D eigenvalue weighted by molar-refractivity contribution is 5.16. The Kier molecular flexibility index (Phi) is 2.13. The largest absolute Gasteiger partial charge is 0.313 e. The summed E-state index contributed by atoms with van der Waals surface area (Å²) in [5.74, 6) is 0.852. The maximum Gasteiger partial charge on any atom is 0.0145 e. The van der Waals surface area contributed by atoms with E-state index in [9.17, 15) is 0 Å². The molecular weight excluding hydrogens is 146 g/mol. The molecule has 1 heterocycles. The van der Waals surface area contributed by atoms with Crippen molar-refractivity contribution in [3.63, 3.8) is 0 Å². The minimum Gasteiger partial charge on any atom is -0.313 e. The first-order valence-electron chi connectivity index (χ1n) is 4.63. The number of hydrogen-bond acceptors (Lipinski definition) is 1. The van der Waals surface area contributed by atoms with Crippen LogP contribution >= 0.6 is 0 Å². The van der Waals surface area contributed by atoms with Gasteiger partial charge in [-0.1, -0.05) is 37.3 Å². The van der Waals surface area contributed by atoms with E-state index >= 15 is 0 Å². The van der Waals surface area contributed by atoms with Crippen LogP contribution in [0, 0.1) is 5.92 Å². The number of nitrogens with one attached hydrogen (secondary N) is 1. The van der Waals surface area contributed by atoms with Gasteiger partial charge in [-0.05, 0) is 24.4 Å². The van der Waals surface area contributed by atoms with Crippen LogP contribution in [0.15, 0.2) is 30.3 Å². The summed E-state index contributed by atoms with van der Waals surface area (Å²) in [6.45, 7) is 3.50. The first-order chi connectivity index (χ1) is 5.86. The van der Waals surface area contributed by atoms with Gasteiger partial charge in [0.05, 0.1) is 0 Å². The summed E-state index contributed by atoms with van der Waals surface area (Å²) in [4.78, 5) is 0. The predicted octanol–water partition coefficient (Wildman–Crippen LogP) is 1.84. The summed E-state index contributed by atoms with van der Waals surface area (Å²) in [5.41, 5.74) is 1.45. The molecule has 1 heteroatoms. The zero-order chi connectivity index (χ0) is 8.39. The van der Waals surface area contributed by atoms with Crippen LogP contribution < -0.4 is 5.32 Å². The fraction of sp³-hybridized carbons (Fsp3) is 0.455. The molecule has 1 saturated heterocycles. The average molecular weight is 161 g/mol. The minimum atomic E-state index is 0.715. The molecule has 1 aromatic carbocycles. The maximum absolute atomic E-state index is 3.44. The third-order valence-corrected chi connectivity index (χ3v) is 2.69. The monoisotopic (exact) mass is 161 g/mol. The van der Waals surface area contributed by atoms with Crippen LogP contribution in [0.25, 0.3) is 0 Å². The van der Waals surface area contributed by atoms with Gasteiger partial charge < -0.3 is 5.32 Å². The second-order valence-electron chi connectivity index (χ2n) is 3.68. The molecule has 2 atom stereocenters. The van der Waals surface area contributed by atoms with Gasteiger partial charge in [-0.15, -0.1) is 0 Å². The van der Waals surface area contributed by atoms with Gasteiger partial charge in [0.1, 0.15) is 0 Å². The predicted molar refractivity (Wildman–Crippen MR) is 51.1 cm³/mol. The zero-order valence-corrected chi connectivity index (χ0v) is 7.46. The van der Waals surface area contributed by atoms with E-state index in [4.69, 9.17) is 0 Å². The molecule has 1 aliphatic rings. The lowest BCUT2D eigenvalue weighted by Gasteiger charge is -2.35. The van der Waals surface area contributed by atoms with Gasteiger partial charge >= 0.3 is 0 Å². The number of rotatable bonds is 2. The van der Waals surface area contributed by atoms with E-state index in [1.54, 1.807) is 0 Å². The van der Waals surface area contributed by atoms with Gasteiger partial charge in [0.2, 0.25) is 0 Å². The molecule has 0 spiro atoms. The van der Waals surface area contributed by atoms with Gasteiger partial charge in [-0.25, -0.2) is 0 Å². The van der Waals surface area contributed by atoms with Gasteiger partial charge in [0, 0.05) is 6.04 Å². The minimum absolute atomic E-state index is 0.715. The maximum atomic E-state index is 3.44. The van der Waals surface area contributed by atoms with Crippen LogP contribution in [0.4, 0.5) is 0 Å². The highest BCUT2D eigenvalue weighted by Gasteiger charge is 2.25. The quantitative estimate of drug-likeness (QED) is 0.698. The molecule has 2 rings (SSSR count). The average Bonchev–Trinajstić information content (AvgIpc) is 2.14. The van der Waals surface area contributed by atoms with Crippen molar-refractivity contribution in [2.45, 2.75) is 19.4 Å².